The van der Waals surface area contributed by atoms with Crippen molar-refractivity contribution in [3.8, 4) is 0 Å². The minimum absolute atomic E-state index is 0.155. The van der Waals surface area contributed by atoms with Crippen LogP contribution in [0.2, 0.25) is 0 Å². The molecule has 1 atom stereocenters. The molecule has 0 N–H and O–H groups in total. The Hall–Kier alpha value is -1.82. The maximum Gasteiger partial charge on any atom is 0.306 e. The van der Waals surface area contributed by atoms with Gasteiger partial charge in [-0.2, -0.15) is 0 Å². The molecular weight excluding hydrogens is 288 g/mol. The summed E-state index contributed by atoms with van der Waals surface area (Å²) in [6.07, 6.45) is 1.02. The second kappa shape index (κ2) is 7.83. The molecule has 21 heavy (non-hydrogen) atoms. The molecule has 0 saturated heterocycles. The fourth-order valence-electron chi connectivity index (χ4n) is 1.78. The molecular formula is C15H18N2O3S. The van der Waals surface area contributed by atoms with Gasteiger partial charge in [-0.05, 0) is 5.56 Å². The Morgan fingerprint density at radius 3 is 2.71 bits per heavy atom. The number of nitrogens with zero attached hydrogens (tertiary/aromatic N) is 2. The molecule has 1 aromatic carbocycles. The fraction of sp³-hybridized carbons (Fsp3) is 0.400. The van der Waals surface area contributed by atoms with Crippen LogP contribution in [-0.2, 0) is 21.7 Å². The van der Waals surface area contributed by atoms with Gasteiger partial charge >= 0.3 is 5.97 Å². The summed E-state index contributed by atoms with van der Waals surface area (Å²) in [5, 5.41) is 8.23. The Morgan fingerprint density at radius 1 is 1.29 bits per heavy atom. The largest absolute Gasteiger partial charge is 0.469 e. The number of carbonyl (C=O) groups excluding carboxylic acids is 1. The first-order chi connectivity index (χ1) is 10.2. The predicted octanol–water partition coefficient (Wildman–Crippen LogP) is 2.85. The summed E-state index contributed by atoms with van der Waals surface area (Å²) >= 11 is 1.60. The molecule has 0 bridgehead atoms. The Kier molecular flexibility index (Phi) is 5.80. The lowest BCUT2D eigenvalue weighted by Crippen LogP contribution is -2.08. The third-order valence-electron chi connectivity index (χ3n) is 2.88. The molecule has 112 valence electrons. The number of rotatable bonds is 7. The average molecular weight is 306 g/mol. The van der Waals surface area contributed by atoms with Crippen LogP contribution in [-0.4, -0.2) is 28.5 Å². The number of methoxy groups -OCH3 is 1. The normalized spacial score (nSPS) is 12.1. The highest BCUT2D eigenvalue weighted by molar-refractivity contribution is 7.99. The van der Waals surface area contributed by atoms with Crippen molar-refractivity contribution in [1.82, 2.24) is 10.2 Å². The monoisotopic (exact) mass is 306 g/mol. The first-order valence-electron chi connectivity index (χ1n) is 6.71. The molecule has 6 heteroatoms. The van der Waals surface area contributed by atoms with E-state index in [2.05, 4.69) is 14.9 Å². The van der Waals surface area contributed by atoms with Gasteiger partial charge in [0.15, 0.2) is 0 Å². The van der Waals surface area contributed by atoms with Crippen LogP contribution in [0, 0.1) is 0 Å². The molecule has 2 rings (SSSR count). The van der Waals surface area contributed by atoms with E-state index < -0.39 is 0 Å². The van der Waals surface area contributed by atoms with E-state index in [0.29, 0.717) is 30.4 Å². The molecule has 0 saturated carbocycles. The Bertz CT molecular complexity index is 571. The van der Waals surface area contributed by atoms with Crippen molar-refractivity contribution in [1.29, 1.82) is 0 Å². The van der Waals surface area contributed by atoms with Gasteiger partial charge in [-0.25, -0.2) is 0 Å². The van der Waals surface area contributed by atoms with E-state index >= 15 is 0 Å². The van der Waals surface area contributed by atoms with Crippen molar-refractivity contribution >= 4 is 17.7 Å². The first-order valence-corrected chi connectivity index (χ1v) is 7.76. The predicted molar refractivity (Wildman–Crippen MR) is 80.9 cm³/mol. The van der Waals surface area contributed by atoms with Gasteiger partial charge in [0.05, 0.1) is 25.7 Å². The molecule has 0 aliphatic carbocycles. The van der Waals surface area contributed by atoms with Crippen molar-refractivity contribution in [2.24, 2.45) is 0 Å². The number of benzene rings is 1. The topological polar surface area (TPSA) is 65.2 Å². The summed E-state index contributed by atoms with van der Waals surface area (Å²) in [7, 11) is 1.40. The van der Waals surface area contributed by atoms with E-state index in [9.17, 15) is 4.79 Å². The van der Waals surface area contributed by atoms with Crippen LogP contribution in [0.4, 0.5) is 0 Å². The van der Waals surface area contributed by atoms with E-state index in [1.165, 1.54) is 7.11 Å². The van der Waals surface area contributed by atoms with Crippen LogP contribution < -0.4 is 0 Å². The molecule has 5 nitrogen and oxygen atoms in total. The number of carbonyl (C=O) groups is 1. The SMILES string of the molecule is COC(=O)C[C@@H](C)SCc1nnc(Cc2ccccc2)o1. The van der Waals surface area contributed by atoms with Gasteiger partial charge in [-0.1, -0.05) is 37.3 Å². The minimum Gasteiger partial charge on any atom is -0.469 e. The number of ether oxygens (including phenoxy) is 1. The van der Waals surface area contributed by atoms with Crippen molar-refractivity contribution in [2.75, 3.05) is 7.11 Å². The standard InChI is InChI=1S/C15H18N2O3S/c1-11(8-15(18)19-2)21-10-14-17-16-13(20-14)9-12-6-4-3-5-7-12/h3-7,11H,8-10H2,1-2H3/t11-/m1/s1. The Morgan fingerprint density at radius 2 is 2.00 bits per heavy atom. The molecule has 1 aromatic heterocycles. The summed E-state index contributed by atoms with van der Waals surface area (Å²) in [5.41, 5.74) is 1.14. The van der Waals surface area contributed by atoms with E-state index in [-0.39, 0.29) is 11.2 Å². The number of aromatic nitrogens is 2. The molecule has 0 amide bonds. The third-order valence-corrected chi connectivity index (χ3v) is 4.03. The molecule has 0 radical (unpaired) electrons. The van der Waals surface area contributed by atoms with Crippen LogP contribution in [0.15, 0.2) is 34.7 Å². The number of thioether (sulfide) groups is 1. The lowest BCUT2D eigenvalue weighted by atomic mass is 10.2. The highest BCUT2D eigenvalue weighted by Crippen LogP contribution is 2.20. The van der Waals surface area contributed by atoms with Crippen molar-refractivity contribution in [2.45, 2.75) is 30.8 Å². The van der Waals surface area contributed by atoms with E-state index in [0.717, 1.165) is 5.56 Å². The van der Waals surface area contributed by atoms with Gasteiger partial charge < -0.3 is 9.15 Å². The van der Waals surface area contributed by atoms with Crippen LogP contribution >= 0.6 is 11.8 Å². The summed E-state index contributed by atoms with van der Waals surface area (Å²) in [6, 6.07) is 9.99. The maximum absolute atomic E-state index is 11.2. The lowest BCUT2D eigenvalue weighted by Gasteiger charge is -2.07. The number of hydrogen-bond donors (Lipinski definition) is 0. The molecule has 0 aliphatic rings. The second-order valence-corrected chi connectivity index (χ2v) is 6.08. The van der Waals surface area contributed by atoms with E-state index in [1.54, 1.807) is 11.8 Å². The van der Waals surface area contributed by atoms with Crippen LogP contribution in [0.1, 0.15) is 30.7 Å². The average Bonchev–Trinajstić information content (AvgIpc) is 2.93. The molecule has 0 fully saturated rings. The summed E-state index contributed by atoms with van der Waals surface area (Å²) in [5.74, 6) is 1.59. The third kappa shape index (κ3) is 5.23. The molecule has 2 aromatic rings. The highest BCUT2D eigenvalue weighted by atomic mass is 32.2. The zero-order valence-corrected chi connectivity index (χ0v) is 12.9. The van der Waals surface area contributed by atoms with Gasteiger partial charge in [0, 0.05) is 5.25 Å². The van der Waals surface area contributed by atoms with Crippen LogP contribution in [0.3, 0.4) is 0 Å². The first kappa shape index (κ1) is 15.6. The molecule has 1 heterocycles. The van der Waals surface area contributed by atoms with E-state index in [4.69, 9.17) is 4.42 Å². The van der Waals surface area contributed by atoms with Crippen LogP contribution in [0.25, 0.3) is 0 Å². The van der Waals surface area contributed by atoms with Gasteiger partial charge in [-0.15, -0.1) is 22.0 Å². The van der Waals surface area contributed by atoms with Gasteiger partial charge in [0.2, 0.25) is 11.8 Å². The minimum atomic E-state index is -0.203. The van der Waals surface area contributed by atoms with Crippen molar-refractivity contribution in [3.05, 3.63) is 47.7 Å². The van der Waals surface area contributed by atoms with Crippen LogP contribution in [0.5, 0.6) is 0 Å². The summed E-state index contributed by atoms with van der Waals surface area (Å²) in [4.78, 5) is 11.2. The lowest BCUT2D eigenvalue weighted by molar-refractivity contribution is -0.140. The quantitative estimate of drug-likeness (QED) is 0.733. The number of hydrogen-bond acceptors (Lipinski definition) is 6. The second-order valence-electron chi connectivity index (χ2n) is 4.65. The maximum atomic E-state index is 11.2. The van der Waals surface area contributed by atoms with Crippen molar-refractivity contribution < 1.29 is 13.9 Å². The summed E-state index contributed by atoms with van der Waals surface area (Å²) < 4.78 is 10.2. The van der Waals surface area contributed by atoms with Gasteiger partial charge in [0.1, 0.15) is 0 Å². The van der Waals surface area contributed by atoms with E-state index in [1.807, 2.05) is 37.3 Å². The summed E-state index contributed by atoms with van der Waals surface area (Å²) in [6.45, 7) is 1.98. The molecule has 0 unspecified atom stereocenters. The molecule has 0 spiro atoms. The van der Waals surface area contributed by atoms with Gasteiger partial charge in [-0.3, -0.25) is 4.79 Å². The van der Waals surface area contributed by atoms with Crippen molar-refractivity contribution in [3.63, 3.8) is 0 Å². The fourth-order valence-corrected chi connectivity index (χ4v) is 2.58. The number of esters is 1. The van der Waals surface area contributed by atoms with Gasteiger partial charge in [0.25, 0.3) is 0 Å². The zero-order chi connectivity index (χ0) is 15.1. The Labute approximate surface area is 128 Å². The zero-order valence-electron chi connectivity index (χ0n) is 12.1. The molecule has 0 aliphatic heterocycles. The smallest absolute Gasteiger partial charge is 0.306 e. The highest BCUT2D eigenvalue weighted by Gasteiger charge is 2.12. The Balaban J connectivity index is 1.82.